The lowest BCUT2D eigenvalue weighted by atomic mass is 10.00. The Morgan fingerprint density at radius 2 is 1.76 bits per heavy atom. The molecule has 150 valence electrons. The van der Waals surface area contributed by atoms with Crippen LogP contribution in [0.4, 0.5) is 0 Å². The first-order valence-electron chi connectivity index (χ1n) is 9.94. The van der Waals surface area contributed by atoms with E-state index in [1.165, 1.54) is 11.6 Å². The molecule has 4 rings (SSSR count). The maximum absolute atomic E-state index is 12.6. The summed E-state index contributed by atoms with van der Waals surface area (Å²) in [6.45, 7) is 4.86. The molecule has 1 fully saturated rings. The molecule has 1 unspecified atom stereocenters. The number of piperazine rings is 1. The Labute approximate surface area is 170 Å². The monoisotopic (exact) mass is 391 g/mol. The van der Waals surface area contributed by atoms with Crippen LogP contribution in [0.25, 0.3) is 10.8 Å². The maximum Gasteiger partial charge on any atom is 0.289 e. The standard InChI is InChI=1S/C23H25N3O3/c1-17(19-9-4-7-18-6-2-3-8-20(18)19)24-22(27)16-25-11-13-26(14-12-25)23(28)21-10-5-15-29-21/h2-10,15,17H,11-14,16H2,1H3,(H,24,27). The lowest BCUT2D eigenvalue weighted by Crippen LogP contribution is -2.51. The van der Waals surface area contributed by atoms with Gasteiger partial charge in [-0.3, -0.25) is 14.5 Å². The Hall–Kier alpha value is -3.12. The predicted octanol–water partition coefficient (Wildman–Crippen LogP) is 3.07. The molecular formula is C23H25N3O3. The Bertz CT molecular complexity index is 986. The first-order valence-corrected chi connectivity index (χ1v) is 9.94. The molecule has 0 saturated carbocycles. The van der Waals surface area contributed by atoms with E-state index in [2.05, 4.69) is 34.5 Å². The van der Waals surface area contributed by atoms with Crippen molar-refractivity contribution in [1.29, 1.82) is 0 Å². The van der Waals surface area contributed by atoms with Crippen molar-refractivity contribution < 1.29 is 14.0 Å². The number of furan rings is 1. The van der Waals surface area contributed by atoms with Crippen LogP contribution in [0.1, 0.15) is 29.1 Å². The third-order valence-corrected chi connectivity index (χ3v) is 5.43. The minimum absolute atomic E-state index is 0.00348. The van der Waals surface area contributed by atoms with Crippen LogP contribution in [0, 0.1) is 0 Å². The van der Waals surface area contributed by atoms with Gasteiger partial charge in [-0.25, -0.2) is 0 Å². The molecule has 0 radical (unpaired) electrons. The SMILES string of the molecule is CC(NC(=O)CN1CCN(C(=O)c2ccco2)CC1)c1cccc2ccccc12. The fourth-order valence-corrected chi connectivity index (χ4v) is 3.86. The van der Waals surface area contributed by atoms with Gasteiger partial charge >= 0.3 is 0 Å². The van der Waals surface area contributed by atoms with E-state index in [1.54, 1.807) is 17.0 Å². The van der Waals surface area contributed by atoms with E-state index in [0.717, 1.165) is 10.9 Å². The zero-order valence-electron chi connectivity index (χ0n) is 16.5. The zero-order chi connectivity index (χ0) is 20.2. The first-order chi connectivity index (χ1) is 14.1. The van der Waals surface area contributed by atoms with E-state index in [4.69, 9.17) is 4.42 Å². The molecule has 2 aromatic carbocycles. The van der Waals surface area contributed by atoms with Crippen molar-refractivity contribution in [3.63, 3.8) is 0 Å². The fraction of sp³-hybridized carbons (Fsp3) is 0.304. The van der Waals surface area contributed by atoms with Crippen LogP contribution in [0.3, 0.4) is 0 Å². The Kier molecular flexibility index (Phi) is 5.62. The number of benzene rings is 2. The Morgan fingerprint density at radius 3 is 2.52 bits per heavy atom. The van der Waals surface area contributed by atoms with Gasteiger partial charge in [-0.05, 0) is 35.4 Å². The fourth-order valence-electron chi connectivity index (χ4n) is 3.86. The van der Waals surface area contributed by atoms with Crippen molar-refractivity contribution in [2.45, 2.75) is 13.0 Å². The second kappa shape index (κ2) is 8.49. The van der Waals surface area contributed by atoms with E-state index in [9.17, 15) is 9.59 Å². The average Bonchev–Trinajstić information content (AvgIpc) is 3.28. The van der Waals surface area contributed by atoms with E-state index < -0.39 is 0 Å². The Morgan fingerprint density at radius 1 is 1.00 bits per heavy atom. The van der Waals surface area contributed by atoms with Crippen LogP contribution in [0.5, 0.6) is 0 Å². The number of rotatable bonds is 5. The van der Waals surface area contributed by atoms with Gasteiger partial charge in [-0.15, -0.1) is 0 Å². The highest BCUT2D eigenvalue weighted by atomic mass is 16.3. The number of amides is 2. The topological polar surface area (TPSA) is 65.8 Å². The van der Waals surface area contributed by atoms with Crippen LogP contribution in [-0.4, -0.2) is 54.3 Å². The number of fused-ring (bicyclic) bond motifs is 1. The van der Waals surface area contributed by atoms with Crippen molar-refractivity contribution in [2.75, 3.05) is 32.7 Å². The minimum Gasteiger partial charge on any atom is -0.459 e. The highest BCUT2D eigenvalue weighted by Gasteiger charge is 2.25. The van der Waals surface area contributed by atoms with Crippen LogP contribution in [0.15, 0.2) is 65.3 Å². The maximum atomic E-state index is 12.6. The number of nitrogens with zero attached hydrogens (tertiary/aromatic N) is 2. The van der Waals surface area contributed by atoms with Gasteiger partial charge in [-0.1, -0.05) is 42.5 Å². The van der Waals surface area contributed by atoms with Crippen molar-refractivity contribution in [1.82, 2.24) is 15.1 Å². The number of hydrogen-bond acceptors (Lipinski definition) is 4. The summed E-state index contributed by atoms with van der Waals surface area (Å²) in [4.78, 5) is 28.8. The number of hydrogen-bond donors (Lipinski definition) is 1. The third-order valence-electron chi connectivity index (χ3n) is 5.43. The molecule has 0 aliphatic carbocycles. The summed E-state index contributed by atoms with van der Waals surface area (Å²) < 4.78 is 5.19. The molecule has 1 aliphatic rings. The normalized spacial score (nSPS) is 16.0. The molecule has 1 saturated heterocycles. The van der Waals surface area contributed by atoms with Crippen molar-refractivity contribution in [2.24, 2.45) is 0 Å². The van der Waals surface area contributed by atoms with Crippen LogP contribution in [-0.2, 0) is 4.79 Å². The molecule has 1 N–H and O–H groups in total. The summed E-state index contributed by atoms with van der Waals surface area (Å²) >= 11 is 0. The summed E-state index contributed by atoms with van der Waals surface area (Å²) in [5, 5.41) is 5.45. The zero-order valence-corrected chi connectivity index (χ0v) is 16.5. The molecule has 6 nitrogen and oxygen atoms in total. The minimum atomic E-state index is -0.0938. The summed E-state index contributed by atoms with van der Waals surface area (Å²) in [6, 6.07) is 17.7. The van der Waals surface area contributed by atoms with Crippen molar-refractivity contribution in [3.05, 3.63) is 72.2 Å². The van der Waals surface area contributed by atoms with E-state index in [0.29, 0.717) is 38.5 Å². The van der Waals surface area contributed by atoms with E-state index in [-0.39, 0.29) is 17.9 Å². The van der Waals surface area contributed by atoms with Crippen LogP contribution < -0.4 is 5.32 Å². The highest BCUT2D eigenvalue weighted by molar-refractivity contribution is 5.91. The van der Waals surface area contributed by atoms with Gasteiger partial charge in [0.25, 0.3) is 5.91 Å². The molecule has 3 aromatic rings. The lowest BCUT2D eigenvalue weighted by Gasteiger charge is -2.34. The van der Waals surface area contributed by atoms with Gasteiger partial charge in [0.15, 0.2) is 5.76 Å². The van der Waals surface area contributed by atoms with E-state index >= 15 is 0 Å². The van der Waals surface area contributed by atoms with Gasteiger partial charge in [0.1, 0.15) is 0 Å². The van der Waals surface area contributed by atoms with E-state index in [1.807, 2.05) is 25.1 Å². The molecule has 1 atom stereocenters. The van der Waals surface area contributed by atoms with Gasteiger partial charge < -0.3 is 14.6 Å². The summed E-state index contributed by atoms with van der Waals surface area (Å²) in [5.41, 5.74) is 1.12. The quantitative estimate of drug-likeness (QED) is 0.726. The largest absolute Gasteiger partial charge is 0.459 e. The molecule has 29 heavy (non-hydrogen) atoms. The Balaban J connectivity index is 1.30. The second-order valence-corrected chi connectivity index (χ2v) is 7.40. The van der Waals surface area contributed by atoms with Crippen molar-refractivity contribution >= 4 is 22.6 Å². The first kappa shape index (κ1) is 19.2. The molecule has 0 bridgehead atoms. The lowest BCUT2D eigenvalue weighted by molar-refractivity contribution is -0.123. The molecule has 6 heteroatoms. The molecule has 2 amide bonds. The number of carbonyl (C=O) groups is 2. The van der Waals surface area contributed by atoms with Gasteiger partial charge in [-0.2, -0.15) is 0 Å². The predicted molar refractivity (Wildman–Crippen MR) is 112 cm³/mol. The van der Waals surface area contributed by atoms with Crippen LogP contribution >= 0.6 is 0 Å². The highest BCUT2D eigenvalue weighted by Crippen LogP contribution is 2.24. The van der Waals surface area contributed by atoms with Gasteiger partial charge in [0, 0.05) is 26.2 Å². The van der Waals surface area contributed by atoms with Crippen LogP contribution in [0.2, 0.25) is 0 Å². The van der Waals surface area contributed by atoms with Gasteiger partial charge in [0.2, 0.25) is 5.91 Å². The third kappa shape index (κ3) is 4.32. The molecule has 0 spiro atoms. The molecule has 2 heterocycles. The summed E-state index contributed by atoms with van der Waals surface area (Å²) in [7, 11) is 0. The second-order valence-electron chi connectivity index (χ2n) is 7.40. The summed E-state index contributed by atoms with van der Waals surface area (Å²) in [5.74, 6) is 0.264. The number of carbonyl (C=O) groups excluding carboxylic acids is 2. The number of nitrogens with one attached hydrogen (secondary N) is 1. The molecule has 1 aliphatic heterocycles. The molecular weight excluding hydrogens is 366 g/mol. The summed E-state index contributed by atoms with van der Waals surface area (Å²) in [6.07, 6.45) is 1.50. The molecule has 1 aromatic heterocycles. The van der Waals surface area contributed by atoms with Gasteiger partial charge in [0.05, 0.1) is 18.8 Å². The average molecular weight is 391 g/mol. The smallest absolute Gasteiger partial charge is 0.289 e. The van der Waals surface area contributed by atoms with Crippen molar-refractivity contribution in [3.8, 4) is 0 Å².